The van der Waals surface area contributed by atoms with E-state index in [0.29, 0.717) is 0 Å². The van der Waals surface area contributed by atoms with E-state index < -0.39 is 21.2 Å². The molecule has 0 bridgehead atoms. The van der Waals surface area contributed by atoms with Gasteiger partial charge in [-0.2, -0.15) is 0 Å². The van der Waals surface area contributed by atoms with Crippen molar-refractivity contribution in [2.24, 2.45) is 0 Å². The molecule has 0 saturated carbocycles. The quantitative estimate of drug-likeness (QED) is 0.808. The van der Waals surface area contributed by atoms with Gasteiger partial charge >= 0.3 is 5.97 Å². The van der Waals surface area contributed by atoms with Gasteiger partial charge in [-0.1, -0.05) is 0 Å². The lowest BCUT2D eigenvalue weighted by atomic mass is 10.3. The molecule has 1 aromatic heterocycles. The number of aromatic nitrogens is 1. The minimum Gasteiger partial charge on any atom is -0.480 e. The summed E-state index contributed by atoms with van der Waals surface area (Å²) in [6.45, 7) is 2.86. The van der Waals surface area contributed by atoms with Crippen LogP contribution in [0.1, 0.15) is 12.5 Å². The molecule has 1 heterocycles. The van der Waals surface area contributed by atoms with E-state index in [9.17, 15) is 13.2 Å². The van der Waals surface area contributed by atoms with Crippen molar-refractivity contribution in [1.82, 2.24) is 4.98 Å². The molecule has 6 nitrogen and oxygen atoms in total. The molecule has 7 heteroatoms. The summed E-state index contributed by atoms with van der Waals surface area (Å²) in [6.07, 6.45) is 2.89. The summed E-state index contributed by atoms with van der Waals surface area (Å²) in [7, 11) is -3.92. The molecule has 1 rings (SSSR count). The zero-order chi connectivity index (χ0) is 12.3. The van der Waals surface area contributed by atoms with Crippen molar-refractivity contribution in [3.63, 3.8) is 0 Å². The molecule has 1 atom stereocenters. The van der Waals surface area contributed by atoms with E-state index >= 15 is 0 Å². The van der Waals surface area contributed by atoms with Crippen LogP contribution in [0.2, 0.25) is 0 Å². The van der Waals surface area contributed by atoms with Crippen LogP contribution in [0.3, 0.4) is 0 Å². The first-order valence-electron chi connectivity index (χ1n) is 4.49. The predicted octanol–water partition coefficient (Wildman–Crippen LogP) is 0.605. The van der Waals surface area contributed by atoms with Crippen LogP contribution in [-0.4, -0.2) is 29.7 Å². The highest BCUT2D eigenvalue weighted by atomic mass is 32.2. The number of aliphatic carboxylic acids is 1. The Labute approximate surface area is 93.4 Å². The van der Waals surface area contributed by atoms with Crippen LogP contribution in [0.15, 0.2) is 18.5 Å². The molecular weight excluding hydrogens is 232 g/mol. The Kier molecular flexibility index (Phi) is 3.48. The third-order valence-electron chi connectivity index (χ3n) is 1.95. The zero-order valence-electron chi connectivity index (χ0n) is 8.84. The number of carboxylic acid groups (broad SMARTS) is 1. The predicted molar refractivity (Wildman–Crippen MR) is 58.6 cm³/mol. The second-order valence-electron chi connectivity index (χ2n) is 3.38. The van der Waals surface area contributed by atoms with Gasteiger partial charge in [0, 0.05) is 6.20 Å². The van der Waals surface area contributed by atoms with E-state index in [1.807, 2.05) is 0 Å². The molecule has 0 fully saturated rings. The maximum absolute atomic E-state index is 11.5. The maximum atomic E-state index is 11.5. The van der Waals surface area contributed by atoms with Crippen molar-refractivity contribution in [3.8, 4) is 0 Å². The van der Waals surface area contributed by atoms with Gasteiger partial charge in [-0.05, 0) is 25.5 Å². The minimum atomic E-state index is -3.92. The average Bonchev–Trinajstić information content (AvgIpc) is 2.15. The largest absolute Gasteiger partial charge is 0.480 e. The van der Waals surface area contributed by atoms with Crippen molar-refractivity contribution in [1.29, 1.82) is 0 Å². The molecule has 1 aromatic rings. The van der Waals surface area contributed by atoms with Gasteiger partial charge in [-0.15, -0.1) is 0 Å². The molecule has 0 spiro atoms. The topological polar surface area (TPSA) is 96.4 Å². The van der Waals surface area contributed by atoms with E-state index in [2.05, 4.69) is 9.71 Å². The van der Waals surface area contributed by atoms with Gasteiger partial charge in [-0.25, -0.2) is 8.42 Å². The zero-order valence-corrected chi connectivity index (χ0v) is 9.65. The van der Waals surface area contributed by atoms with Gasteiger partial charge in [0.1, 0.15) is 0 Å². The molecule has 88 valence electrons. The van der Waals surface area contributed by atoms with E-state index in [1.54, 1.807) is 19.2 Å². The van der Waals surface area contributed by atoms with Gasteiger partial charge in [0.15, 0.2) is 5.25 Å². The van der Waals surface area contributed by atoms with Crippen molar-refractivity contribution in [2.45, 2.75) is 19.1 Å². The minimum absolute atomic E-state index is 0.258. The summed E-state index contributed by atoms with van der Waals surface area (Å²) in [5.74, 6) is -1.40. The molecular formula is C9H12N2O4S. The monoisotopic (exact) mass is 244 g/mol. The van der Waals surface area contributed by atoms with Crippen LogP contribution in [0.4, 0.5) is 5.69 Å². The molecule has 0 amide bonds. The van der Waals surface area contributed by atoms with Gasteiger partial charge < -0.3 is 5.11 Å². The van der Waals surface area contributed by atoms with Gasteiger partial charge in [0.2, 0.25) is 10.0 Å². The van der Waals surface area contributed by atoms with Crippen molar-refractivity contribution >= 4 is 21.7 Å². The molecule has 0 aliphatic carbocycles. The molecule has 0 saturated heterocycles. The highest BCUT2D eigenvalue weighted by molar-refractivity contribution is 7.94. The Morgan fingerprint density at radius 2 is 2.12 bits per heavy atom. The smallest absolute Gasteiger partial charge is 0.323 e. The second-order valence-corrected chi connectivity index (χ2v) is 5.38. The summed E-state index contributed by atoms with van der Waals surface area (Å²) < 4.78 is 25.2. The summed E-state index contributed by atoms with van der Waals surface area (Å²) in [5, 5.41) is 7.11. The third kappa shape index (κ3) is 2.93. The fourth-order valence-electron chi connectivity index (χ4n) is 0.996. The number of rotatable bonds is 4. The number of nitrogens with one attached hydrogen (secondary N) is 1. The number of pyridine rings is 1. The number of carbonyl (C=O) groups is 1. The fraction of sp³-hybridized carbons (Fsp3) is 0.333. The molecule has 2 N–H and O–H groups in total. The van der Waals surface area contributed by atoms with Crippen LogP contribution in [0.5, 0.6) is 0 Å². The first-order chi connectivity index (χ1) is 7.33. The lowest BCUT2D eigenvalue weighted by molar-refractivity contribution is -0.136. The van der Waals surface area contributed by atoms with Crippen LogP contribution in [0.25, 0.3) is 0 Å². The van der Waals surface area contributed by atoms with Crippen LogP contribution < -0.4 is 4.72 Å². The Hall–Kier alpha value is -1.63. The molecule has 0 aromatic carbocycles. The lowest BCUT2D eigenvalue weighted by Gasteiger charge is -2.10. The number of aryl methyl sites for hydroxylation is 1. The van der Waals surface area contributed by atoms with Crippen LogP contribution in [0, 0.1) is 6.92 Å². The van der Waals surface area contributed by atoms with Gasteiger partial charge in [-0.3, -0.25) is 14.5 Å². The Bertz CT molecular complexity index is 498. The second kappa shape index (κ2) is 4.48. The van der Waals surface area contributed by atoms with E-state index in [1.165, 1.54) is 6.20 Å². The number of sulfonamides is 1. The number of hydrogen-bond acceptors (Lipinski definition) is 4. The SMILES string of the molecule is Cc1cncc(NS(=O)(=O)C(C)C(=O)O)c1. The lowest BCUT2D eigenvalue weighted by Crippen LogP contribution is -2.32. The first kappa shape index (κ1) is 12.4. The maximum Gasteiger partial charge on any atom is 0.323 e. The summed E-state index contributed by atoms with van der Waals surface area (Å²) in [5.41, 5.74) is 1.04. The average molecular weight is 244 g/mol. The van der Waals surface area contributed by atoms with Crippen LogP contribution in [-0.2, 0) is 14.8 Å². The Morgan fingerprint density at radius 3 is 2.62 bits per heavy atom. The van der Waals surface area contributed by atoms with Gasteiger partial charge in [0.25, 0.3) is 0 Å². The third-order valence-corrected chi connectivity index (χ3v) is 3.60. The molecule has 1 unspecified atom stereocenters. The van der Waals surface area contributed by atoms with Crippen LogP contribution >= 0.6 is 0 Å². The Balaban J connectivity index is 2.93. The van der Waals surface area contributed by atoms with Crippen molar-refractivity contribution in [3.05, 3.63) is 24.0 Å². The summed E-state index contributed by atoms with van der Waals surface area (Å²) in [4.78, 5) is 14.4. The molecule has 0 aliphatic rings. The van der Waals surface area contributed by atoms with E-state index in [0.717, 1.165) is 12.5 Å². The summed E-state index contributed by atoms with van der Waals surface area (Å²) >= 11 is 0. The normalized spacial score (nSPS) is 13.1. The van der Waals surface area contributed by atoms with Gasteiger partial charge in [0.05, 0.1) is 11.9 Å². The van der Waals surface area contributed by atoms with Crippen molar-refractivity contribution < 1.29 is 18.3 Å². The highest BCUT2D eigenvalue weighted by Gasteiger charge is 2.27. The van der Waals surface area contributed by atoms with E-state index in [4.69, 9.17) is 5.11 Å². The molecule has 16 heavy (non-hydrogen) atoms. The molecule has 0 radical (unpaired) electrons. The Morgan fingerprint density at radius 1 is 1.50 bits per heavy atom. The van der Waals surface area contributed by atoms with Crippen molar-refractivity contribution in [2.75, 3.05) is 4.72 Å². The standard InChI is InChI=1S/C9H12N2O4S/c1-6-3-8(5-10-4-6)11-16(14,15)7(2)9(12)13/h3-5,7,11H,1-2H3,(H,12,13). The number of anilines is 1. The fourth-order valence-corrected chi connectivity index (χ4v) is 1.88. The summed E-state index contributed by atoms with van der Waals surface area (Å²) in [6, 6.07) is 1.57. The first-order valence-corrected chi connectivity index (χ1v) is 6.03. The number of hydrogen-bond donors (Lipinski definition) is 2. The van der Waals surface area contributed by atoms with E-state index in [-0.39, 0.29) is 5.69 Å². The number of nitrogens with zero attached hydrogens (tertiary/aromatic N) is 1. The number of carboxylic acids is 1. The highest BCUT2D eigenvalue weighted by Crippen LogP contribution is 2.12. The molecule has 0 aliphatic heterocycles.